The number of rotatable bonds is 6. The lowest BCUT2D eigenvalue weighted by Gasteiger charge is -2.25. The number of carboxylic acids is 1. The number of carbonyl (C=O) groups is 1. The molecule has 122 valence electrons. The normalized spacial score (nSPS) is 11.2. The average Bonchev–Trinajstić information content (AvgIpc) is 2.52. The molecule has 2 aromatic carbocycles. The molecule has 1 N–H and O–H groups in total. The van der Waals surface area contributed by atoms with Gasteiger partial charge in [-0.1, -0.05) is 35.9 Å². The van der Waals surface area contributed by atoms with E-state index in [1.807, 2.05) is 0 Å². The van der Waals surface area contributed by atoms with Crippen LogP contribution in [0.5, 0.6) is 0 Å². The van der Waals surface area contributed by atoms with Crippen molar-refractivity contribution in [3.63, 3.8) is 0 Å². The van der Waals surface area contributed by atoms with E-state index in [4.69, 9.17) is 11.6 Å². The van der Waals surface area contributed by atoms with Crippen molar-refractivity contribution in [3.8, 4) is 0 Å². The minimum atomic E-state index is -3.65. The summed E-state index contributed by atoms with van der Waals surface area (Å²) in [5.41, 5.74) is 0.753. The molecule has 0 radical (unpaired) electrons. The van der Waals surface area contributed by atoms with Gasteiger partial charge in [0, 0.05) is 5.02 Å². The number of hydrogen-bond donors (Lipinski definition) is 1. The Bertz CT molecular complexity index is 820. The van der Waals surface area contributed by atoms with Crippen LogP contribution in [0.1, 0.15) is 22.8 Å². The smallest absolute Gasteiger partial charge is 0.337 e. The van der Waals surface area contributed by atoms with Crippen LogP contribution >= 0.6 is 11.6 Å². The van der Waals surface area contributed by atoms with Crippen molar-refractivity contribution in [1.29, 1.82) is 0 Å². The third-order valence-electron chi connectivity index (χ3n) is 3.32. The Kier molecular flexibility index (Phi) is 5.28. The quantitative estimate of drug-likeness (QED) is 0.863. The lowest BCUT2D eigenvalue weighted by atomic mass is 10.1. The Morgan fingerprint density at radius 1 is 1.17 bits per heavy atom. The molecule has 0 saturated heterocycles. The Hall–Kier alpha value is -2.05. The first-order valence-electron chi connectivity index (χ1n) is 6.92. The highest BCUT2D eigenvalue weighted by molar-refractivity contribution is 7.92. The fourth-order valence-electron chi connectivity index (χ4n) is 2.16. The molecule has 2 rings (SSSR count). The van der Waals surface area contributed by atoms with E-state index in [0.717, 1.165) is 4.31 Å². The molecule has 0 aliphatic carbocycles. The maximum Gasteiger partial charge on any atom is 0.337 e. The summed E-state index contributed by atoms with van der Waals surface area (Å²) in [5, 5.41) is 9.81. The molecule has 0 unspecified atom stereocenters. The zero-order chi connectivity index (χ0) is 17.0. The Balaban J connectivity index is 2.54. The third-order valence-corrected chi connectivity index (χ3v) is 5.28. The minimum absolute atomic E-state index is 0.0149. The van der Waals surface area contributed by atoms with Gasteiger partial charge in [0.15, 0.2) is 0 Å². The SMILES string of the molecule is CCS(=O)(=O)N(Cc1cccc(Cl)c1)c1ccccc1C(=O)O. The third kappa shape index (κ3) is 4.03. The topological polar surface area (TPSA) is 74.7 Å². The van der Waals surface area contributed by atoms with E-state index >= 15 is 0 Å². The van der Waals surface area contributed by atoms with Crippen LogP contribution in [0.25, 0.3) is 0 Å². The molecule has 0 aliphatic heterocycles. The molecule has 0 atom stereocenters. The highest BCUT2D eigenvalue weighted by Gasteiger charge is 2.25. The fraction of sp³-hybridized carbons (Fsp3) is 0.188. The number of carboxylic acid groups (broad SMARTS) is 1. The van der Waals surface area contributed by atoms with Crippen LogP contribution in [0.2, 0.25) is 5.02 Å². The lowest BCUT2D eigenvalue weighted by Crippen LogP contribution is -2.33. The van der Waals surface area contributed by atoms with E-state index in [0.29, 0.717) is 10.6 Å². The van der Waals surface area contributed by atoms with Crippen LogP contribution in [0.4, 0.5) is 5.69 Å². The first kappa shape index (κ1) is 17.3. The van der Waals surface area contributed by atoms with Gasteiger partial charge in [-0.3, -0.25) is 4.31 Å². The Morgan fingerprint density at radius 2 is 1.87 bits per heavy atom. The number of aromatic carboxylic acids is 1. The van der Waals surface area contributed by atoms with Crippen molar-refractivity contribution < 1.29 is 18.3 Å². The molecule has 0 aromatic heterocycles. The molecule has 0 fully saturated rings. The molecule has 0 aliphatic rings. The van der Waals surface area contributed by atoms with Crippen LogP contribution in [0, 0.1) is 0 Å². The number of halogens is 1. The molecule has 7 heteroatoms. The second kappa shape index (κ2) is 7.02. The summed E-state index contributed by atoms with van der Waals surface area (Å²) in [4.78, 5) is 11.4. The molecule has 2 aromatic rings. The van der Waals surface area contributed by atoms with E-state index < -0.39 is 16.0 Å². The highest BCUT2D eigenvalue weighted by Crippen LogP contribution is 2.26. The van der Waals surface area contributed by atoms with Gasteiger partial charge in [-0.05, 0) is 36.8 Å². The second-order valence-electron chi connectivity index (χ2n) is 4.86. The summed E-state index contributed by atoms with van der Waals surface area (Å²) in [6.45, 7) is 1.53. The van der Waals surface area contributed by atoms with Gasteiger partial charge in [0.1, 0.15) is 0 Å². The molecule has 0 heterocycles. The van der Waals surface area contributed by atoms with Gasteiger partial charge in [0.2, 0.25) is 10.0 Å². The van der Waals surface area contributed by atoms with Gasteiger partial charge in [0.25, 0.3) is 0 Å². The van der Waals surface area contributed by atoms with Crippen LogP contribution in [-0.2, 0) is 16.6 Å². The zero-order valence-electron chi connectivity index (χ0n) is 12.4. The minimum Gasteiger partial charge on any atom is -0.478 e. The summed E-state index contributed by atoms with van der Waals surface area (Å²) in [6.07, 6.45) is 0. The first-order chi connectivity index (χ1) is 10.8. The van der Waals surface area contributed by atoms with E-state index in [9.17, 15) is 18.3 Å². The maximum absolute atomic E-state index is 12.5. The largest absolute Gasteiger partial charge is 0.478 e. The second-order valence-corrected chi connectivity index (χ2v) is 7.48. The van der Waals surface area contributed by atoms with Crippen molar-refractivity contribution in [3.05, 3.63) is 64.7 Å². The van der Waals surface area contributed by atoms with Crippen LogP contribution < -0.4 is 4.31 Å². The van der Waals surface area contributed by atoms with Crippen molar-refractivity contribution in [2.75, 3.05) is 10.1 Å². The van der Waals surface area contributed by atoms with E-state index in [1.165, 1.54) is 19.1 Å². The molecule has 0 spiro atoms. The summed E-state index contributed by atoms with van der Waals surface area (Å²) < 4.78 is 26.0. The standard InChI is InChI=1S/C16H16ClNO4S/c1-2-23(21,22)18(11-12-6-5-7-13(17)10-12)15-9-4-3-8-14(15)16(19)20/h3-10H,2,11H2,1H3,(H,19,20). The number of nitrogens with zero attached hydrogens (tertiary/aromatic N) is 1. The van der Waals surface area contributed by atoms with Crippen molar-refractivity contribution in [2.45, 2.75) is 13.5 Å². The molecule has 5 nitrogen and oxygen atoms in total. The number of anilines is 1. The summed E-state index contributed by atoms with van der Waals surface area (Å²) in [6, 6.07) is 12.8. The lowest BCUT2D eigenvalue weighted by molar-refractivity contribution is 0.0697. The number of hydrogen-bond acceptors (Lipinski definition) is 3. The summed E-state index contributed by atoms with van der Waals surface area (Å²) in [7, 11) is -3.65. The molecule has 23 heavy (non-hydrogen) atoms. The highest BCUT2D eigenvalue weighted by atomic mass is 35.5. The Morgan fingerprint density at radius 3 is 2.48 bits per heavy atom. The van der Waals surface area contributed by atoms with Gasteiger partial charge < -0.3 is 5.11 Å². The van der Waals surface area contributed by atoms with Crippen molar-refractivity contribution >= 4 is 33.3 Å². The average molecular weight is 354 g/mol. The molecule has 0 saturated carbocycles. The van der Waals surface area contributed by atoms with Gasteiger partial charge >= 0.3 is 5.97 Å². The van der Waals surface area contributed by atoms with E-state index in [-0.39, 0.29) is 23.5 Å². The van der Waals surface area contributed by atoms with Gasteiger partial charge in [-0.2, -0.15) is 0 Å². The van der Waals surface area contributed by atoms with Gasteiger partial charge in [-0.15, -0.1) is 0 Å². The number of para-hydroxylation sites is 1. The van der Waals surface area contributed by atoms with Gasteiger partial charge in [-0.25, -0.2) is 13.2 Å². The summed E-state index contributed by atoms with van der Waals surface area (Å²) in [5.74, 6) is -1.32. The van der Waals surface area contributed by atoms with Crippen molar-refractivity contribution in [2.24, 2.45) is 0 Å². The molecule has 0 bridgehead atoms. The van der Waals surface area contributed by atoms with Crippen LogP contribution in [0.15, 0.2) is 48.5 Å². The van der Waals surface area contributed by atoms with Gasteiger partial charge in [0.05, 0.1) is 23.5 Å². The van der Waals surface area contributed by atoms with Crippen molar-refractivity contribution in [1.82, 2.24) is 0 Å². The zero-order valence-corrected chi connectivity index (χ0v) is 14.0. The summed E-state index contributed by atoms with van der Waals surface area (Å²) >= 11 is 5.94. The van der Waals surface area contributed by atoms with Crippen LogP contribution in [0.3, 0.4) is 0 Å². The number of benzene rings is 2. The molecule has 0 amide bonds. The first-order valence-corrected chi connectivity index (χ1v) is 8.91. The monoisotopic (exact) mass is 353 g/mol. The predicted molar refractivity (Wildman–Crippen MR) is 90.5 cm³/mol. The van der Waals surface area contributed by atoms with E-state index in [1.54, 1.807) is 36.4 Å². The van der Waals surface area contributed by atoms with E-state index in [2.05, 4.69) is 0 Å². The number of sulfonamides is 1. The molecular weight excluding hydrogens is 338 g/mol. The Labute approximate surface area is 140 Å². The fourth-order valence-corrected chi connectivity index (χ4v) is 3.49. The maximum atomic E-state index is 12.5. The van der Waals surface area contributed by atoms with Crippen LogP contribution in [-0.4, -0.2) is 25.2 Å². The molecular formula is C16H16ClNO4S. The predicted octanol–water partition coefficient (Wildman–Crippen LogP) is 3.39.